The van der Waals surface area contributed by atoms with E-state index in [-0.39, 0.29) is 17.6 Å². The molecule has 1 aliphatic rings. The van der Waals surface area contributed by atoms with E-state index in [1.165, 1.54) is 24.3 Å². The summed E-state index contributed by atoms with van der Waals surface area (Å²) in [6, 6.07) is 15.1. The Kier molecular flexibility index (Phi) is 4.89. The van der Waals surface area contributed by atoms with Crippen molar-refractivity contribution >= 4 is 11.8 Å². The van der Waals surface area contributed by atoms with Gasteiger partial charge in [0.1, 0.15) is 5.82 Å². The lowest BCUT2D eigenvalue weighted by atomic mass is 10.1. The molecule has 0 saturated carbocycles. The van der Waals surface area contributed by atoms with Crippen LogP contribution in [0.4, 0.5) is 4.39 Å². The third-order valence-corrected chi connectivity index (χ3v) is 4.80. The summed E-state index contributed by atoms with van der Waals surface area (Å²) in [5.74, 6) is -0.622. The van der Waals surface area contributed by atoms with Crippen LogP contribution in [0.1, 0.15) is 20.7 Å². The third-order valence-electron chi connectivity index (χ3n) is 4.80. The fourth-order valence-corrected chi connectivity index (χ4v) is 3.23. The fourth-order valence-electron chi connectivity index (χ4n) is 3.23. The van der Waals surface area contributed by atoms with Crippen molar-refractivity contribution in [3.05, 3.63) is 83.9 Å². The minimum Gasteiger partial charge on any atom is -0.335 e. The molecule has 7 heteroatoms. The number of nitrogens with zero attached hydrogens (tertiary/aromatic N) is 4. The summed E-state index contributed by atoms with van der Waals surface area (Å²) in [4.78, 5) is 28.7. The molecule has 0 atom stereocenters. The number of halogens is 1. The average molecular weight is 378 g/mol. The number of aromatic nitrogens is 2. The molecule has 1 aromatic heterocycles. The summed E-state index contributed by atoms with van der Waals surface area (Å²) in [6.45, 7) is 1.77. The van der Waals surface area contributed by atoms with Gasteiger partial charge in [0.2, 0.25) is 0 Å². The largest absolute Gasteiger partial charge is 0.335 e. The number of carbonyl (C=O) groups is 2. The van der Waals surface area contributed by atoms with Crippen molar-refractivity contribution in [2.75, 3.05) is 26.2 Å². The van der Waals surface area contributed by atoms with Crippen LogP contribution in [0.2, 0.25) is 0 Å². The van der Waals surface area contributed by atoms with Gasteiger partial charge >= 0.3 is 0 Å². The topological polar surface area (TPSA) is 58.4 Å². The lowest BCUT2D eigenvalue weighted by Crippen LogP contribution is -2.50. The Bertz CT molecular complexity index is 977. The second-order valence-electron chi connectivity index (χ2n) is 6.60. The van der Waals surface area contributed by atoms with E-state index in [1.807, 2.05) is 30.3 Å². The molecule has 28 heavy (non-hydrogen) atoms. The standard InChI is InChI=1S/C21H19FN4O2/c22-18-8-6-16(7-9-18)20(27)24-10-12-25(13-11-24)21(28)17-14-23-26(15-17)19-4-2-1-3-5-19/h1-9,14-15H,10-13H2. The number of amides is 2. The van der Waals surface area contributed by atoms with Gasteiger partial charge in [0.15, 0.2) is 0 Å². The van der Waals surface area contributed by atoms with Gasteiger partial charge in [-0.3, -0.25) is 9.59 Å². The van der Waals surface area contributed by atoms with Gasteiger partial charge in [-0.25, -0.2) is 9.07 Å². The molecule has 2 amide bonds. The van der Waals surface area contributed by atoms with Gasteiger partial charge in [-0.15, -0.1) is 0 Å². The Morgan fingerprint density at radius 3 is 1.96 bits per heavy atom. The Balaban J connectivity index is 1.38. The van der Waals surface area contributed by atoms with E-state index in [1.54, 1.807) is 26.9 Å². The molecule has 0 unspecified atom stereocenters. The van der Waals surface area contributed by atoms with Gasteiger partial charge in [-0.1, -0.05) is 18.2 Å². The van der Waals surface area contributed by atoms with Gasteiger partial charge in [-0.2, -0.15) is 5.10 Å². The van der Waals surface area contributed by atoms with Gasteiger partial charge in [0.05, 0.1) is 17.4 Å². The van der Waals surface area contributed by atoms with Crippen molar-refractivity contribution in [3.8, 4) is 5.69 Å². The summed E-state index contributed by atoms with van der Waals surface area (Å²) in [6.07, 6.45) is 3.28. The molecule has 0 N–H and O–H groups in total. The number of para-hydroxylation sites is 1. The molecule has 1 saturated heterocycles. The van der Waals surface area contributed by atoms with Crippen molar-refractivity contribution in [1.82, 2.24) is 19.6 Å². The Morgan fingerprint density at radius 1 is 0.786 bits per heavy atom. The Morgan fingerprint density at radius 2 is 1.36 bits per heavy atom. The number of hydrogen-bond acceptors (Lipinski definition) is 3. The Labute approximate surface area is 161 Å². The van der Waals surface area contributed by atoms with Crippen molar-refractivity contribution in [2.45, 2.75) is 0 Å². The van der Waals surface area contributed by atoms with Crippen LogP contribution < -0.4 is 0 Å². The van der Waals surface area contributed by atoms with Gasteiger partial charge in [0.25, 0.3) is 11.8 Å². The summed E-state index contributed by atoms with van der Waals surface area (Å²) < 4.78 is 14.7. The SMILES string of the molecule is O=C(c1ccc(F)cc1)N1CCN(C(=O)c2cnn(-c3ccccc3)c2)CC1. The fraction of sp³-hybridized carbons (Fsp3) is 0.190. The summed E-state index contributed by atoms with van der Waals surface area (Å²) >= 11 is 0. The van der Waals surface area contributed by atoms with Crippen LogP contribution in [0, 0.1) is 5.82 Å². The highest BCUT2D eigenvalue weighted by Crippen LogP contribution is 2.14. The molecule has 2 aromatic carbocycles. The molecule has 1 fully saturated rings. The molecule has 1 aliphatic heterocycles. The number of rotatable bonds is 3. The molecule has 0 radical (unpaired) electrons. The van der Waals surface area contributed by atoms with Crippen LogP contribution in [0.25, 0.3) is 5.69 Å². The maximum absolute atomic E-state index is 13.0. The van der Waals surface area contributed by atoms with E-state index in [0.29, 0.717) is 37.3 Å². The van der Waals surface area contributed by atoms with Crippen molar-refractivity contribution in [2.24, 2.45) is 0 Å². The molecule has 142 valence electrons. The maximum Gasteiger partial charge on any atom is 0.257 e. The van der Waals surface area contributed by atoms with E-state index in [2.05, 4.69) is 5.10 Å². The van der Waals surface area contributed by atoms with E-state index in [0.717, 1.165) is 5.69 Å². The van der Waals surface area contributed by atoms with Crippen molar-refractivity contribution in [3.63, 3.8) is 0 Å². The monoisotopic (exact) mass is 378 g/mol. The van der Waals surface area contributed by atoms with Crippen molar-refractivity contribution < 1.29 is 14.0 Å². The highest BCUT2D eigenvalue weighted by atomic mass is 19.1. The van der Waals surface area contributed by atoms with Gasteiger partial charge in [-0.05, 0) is 36.4 Å². The van der Waals surface area contributed by atoms with Crippen LogP contribution in [-0.2, 0) is 0 Å². The molecule has 0 aliphatic carbocycles. The third kappa shape index (κ3) is 3.64. The van der Waals surface area contributed by atoms with Crippen LogP contribution in [-0.4, -0.2) is 57.6 Å². The van der Waals surface area contributed by atoms with E-state index < -0.39 is 0 Å². The first-order valence-corrected chi connectivity index (χ1v) is 9.06. The highest BCUT2D eigenvalue weighted by Gasteiger charge is 2.26. The first-order valence-electron chi connectivity index (χ1n) is 9.06. The van der Waals surface area contributed by atoms with Gasteiger partial charge in [0, 0.05) is 37.9 Å². The minimum atomic E-state index is -0.372. The second kappa shape index (κ2) is 7.64. The predicted octanol–water partition coefficient (Wildman–Crippen LogP) is 2.61. The Hall–Kier alpha value is -3.48. The normalized spacial score (nSPS) is 14.2. The molecular formula is C21H19FN4O2. The zero-order valence-electron chi connectivity index (χ0n) is 15.2. The lowest BCUT2D eigenvalue weighted by molar-refractivity contribution is 0.0535. The van der Waals surface area contributed by atoms with Crippen LogP contribution in [0.15, 0.2) is 67.0 Å². The quantitative estimate of drug-likeness (QED) is 0.704. The number of piperazine rings is 1. The first-order chi connectivity index (χ1) is 13.6. The number of carbonyl (C=O) groups excluding carboxylic acids is 2. The number of hydrogen-bond donors (Lipinski definition) is 0. The maximum atomic E-state index is 13.0. The summed E-state index contributed by atoms with van der Waals surface area (Å²) in [5, 5.41) is 4.27. The smallest absolute Gasteiger partial charge is 0.257 e. The minimum absolute atomic E-state index is 0.101. The van der Waals surface area contributed by atoms with E-state index >= 15 is 0 Å². The lowest BCUT2D eigenvalue weighted by Gasteiger charge is -2.34. The predicted molar refractivity (Wildman–Crippen MR) is 102 cm³/mol. The zero-order chi connectivity index (χ0) is 19.5. The first kappa shape index (κ1) is 17.9. The molecule has 6 nitrogen and oxygen atoms in total. The van der Waals surface area contributed by atoms with Crippen LogP contribution in [0.3, 0.4) is 0 Å². The van der Waals surface area contributed by atoms with Crippen LogP contribution >= 0.6 is 0 Å². The van der Waals surface area contributed by atoms with E-state index in [4.69, 9.17) is 0 Å². The van der Waals surface area contributed by atoms with E-state index in [9.17, 15) is 14.0 Å². The average Bonchev–Trinajstić information content (AvgIpc) is 3.24. The molecule has 0 spiro atoms. The molecule has 2 heterocycles. The molecule has 4 rings (SSSR count). The molecule has 0 bridgehead atoms. The summed E-state index contributed by atoms with van der Waals surface area (Å²) in [5.41, 5.74) is 1.85. The molecular weight excluding hydrogens is 359 g/mol. The second-order valence-corrected chi connectivity index (χ2v) is 6.60. The highest BCUT2D eigenvalue weighted by molar-refractivity contribution is 5.95. The van der Waals surface area contributed by atoms with Crippen molar-refractivity contribution in [1.29, 1.82) is 0 Å². The van der Waals surface area contributed by atoms with Gasteiger partial charge < -0.3 is 9.80 Å². The summed E-state index contributed by atoms with van der Waals surface area (Å²) in [7, 11) is 0. The zero-order valence-corrected chi connectivity index (χ0v) is 15.2. The molecule has 3 aromatic rings. The number of benzene rings is 2. The van der Waals surface area contributed by atoms with Crippen LogP contribution in [0.5, 0.6) is 0 Å².